The van der Waals surface area contributed by atoms with Gasteiger partial charge in [-0.25, -0.2) is 9.18 Å². The van der Waals surface area contributed by atoms with Crippen LogP contribution >= 0.6 is 24.0 Å². The molecule has 1 aromatic carbocycles. The highest BCUT2D eigenvalue weighted by Gasteiger charge is 2.19. The van der Waals surface area contributed by atoms with Gasteiger partial charge in [0.15, 0.2) is 5.96 Å². The molecule has 0 atom stereocenters. The number of guanidine groups is 1. The fourth-order valence-electron chi connectivity index (χ4n) is 2.67. The Morgan fingerprint density at radius 1 is 1.28 bits per heavy atom. The number of rotatable bonds is 6. The van der Waals surface area contributed by atoms with Gasteiger partial charge >= 0.3 is 6.09 Å². The molecule has 0 fully saturated rings. The summed E-state index contributed by atoms with van der Waals surface area (Å²) < 4.78 is 18.8. The normalized spacial score (nSPS) is 11.7. The molecule has 162 valence electrons. The minimum Gasteiger partial charge on any atom is -0.444 e. The molecule has 0 spiro atoms. The van der Waals surface area contributed by atoms with E-state index >= 15 is 0 Å². The van der Waals surface area contributed by atoms with Gasteiger partial charge in [-0.05, 0) is 51.0 Å². The van der Waals surface area contributed by atoms with Gasteiger partial charge in [-0.1, -0.05) is 0 Å². The number of H-pyrrole nitrogens is 1. The van der Waals surface area contributed by atoms with Crippen LogP contribution in [0, 0.1) is 5.82 Å². The Kier molecular flexibility index (Phi) is 9.67. The number of hydrogen-bond acceptors (Lipinski definition) is 3. The molecule has 9 heteroatoms. The molecule has 0 aliphatic heterocycles. The lowest BCUT2D eigenvalue weighted by Crippen LogP contribution is -2.43. The van der Waals surface area contributed by atoms with Gasteiger partial charge in [0.1, 0.15) is 11.4 Å². The number of ether oxygens (including phenoxy) is 1. The Morgan fingerprint density at radius 2 is 1.97 bits per heavy atom. The molecule has 2 rings (SSSR count). The minimum absolute atomic E-state index is 0. The third-order valence-electron chi connectivity index (χ3n) is 4.08. The number of carbonyl (C=O) groups excluding carboxylic acids is 1. The van der Waals surface area contributed by atoms with Gasteiger partial charge in [0.05, 0.1) is 0 Å². The summed E-state index contributed by atoms with van der Waals surface area (Å²) >= 11 is 0. The highest BCUT2D eigenvalue weighted by Crippen LogP contribution is 2.19. The summed E-state index contributed by atoms with van der Waals surface area (Å²) in [5.74, 6) is 0.400. The molecular weight excluding hydrogens is 488 g/mol. The van der Waals surface area contributed by atoms with E-state index in [4.69, 9.17) is 4.74 Å². The van der Waals surface area contributed by atoms with Gasteiger partial charge in [0.2, 0.25) is 0 Å². The van der Waals surface area contributed by atoms with Crippen molar-refractivity contribution < 1.29 is 13.9 Å². The molecule has 0 saturated heterocycles. The lowest BCUT2D eigenvalue weighted by Gasteiger charge is -2.24. The van der Waals surface area contributed by atoms with Crippen molar-refractivity contribution in [2.75, 3.05) is 33.7 Å². The predicted octanol–water partition coefficient (Wildman–Crippen LogP) is 3.50. The summed E-state index contributed by atoms with van der Waals surface area (Å²) in [4.78, 5) is 20.8. The molecule has 3 N–H and O–H groups in total. The maximum absolute atomic E-state index is 13.5. The molecule has 0 unspecified atom stereocenters. The number of nitrogens with zero attached hydrogens (tertiary/aromatic N) is 2. The van der Waals surface area contributed by atoms with E-state index in [9.17, 15) is 9.18 Å². The molecule has 29 heavy (non-hydrogen) atoms. The number of nitrogens with one attached hydrogen (secondary N) is 3. The highest BCUT2D eigenvalue weighted by atomic mass is 127. The van der Waals surface area contributed by atoms with E-state index in [0.717, 1.165) is 22.9 Å². The van der Waals surface area contributed by atoms with Crippen LogP contribution in [-0.2, 0) is 11.2 Å². The summed E-state index contributed by atoms with van der Waals surface area (Å²) in [7, 11) is 3.38. The van der Waals surface area contributed by atoms with Gasteiger partial charge in [-0.3, -0.25) is 4.99 Å². The average Bonchev–Trinajstić information content (AvgIpc) is 3.01. The summed E-state index contributed by atoms with van der Waals surface area (Å²) in [5, 5.41) is 7.28. The number of hydrogen-bond donors (Lipinski definition) is 3. The molecular formula is C20H31FIN5O2. The fraction of sp³-hybridized carbons (Fsp3) is 0.500. The lowest BCUT2D eigenvalue weighted by atomic mass is 10.1. The quantitative estimate of drug-likeness (QED) is 0.310. The summed E-state index contributed by atoms with van der Waals surface area (Å²) in [5.41, 5.74) is 1.45. The first-order valence-corrected chi connectivity index (χ1v) is 9.34. The van der Waals surface area contributed by atoms with Crippen LogP contribution < -0.4 is 10.6 Å². The van der Waals surface area contributed by atoms with Crippen LogP contribution in [0.2, 0.25) is 0 Å². The molecule has 0 saturated carbocycles. The van der Waals surface area contributed by atoms with E-state index in [1.807, 2.05) is 27.0 Å². The third kappa shape index (κ3) is 8.08. The Balaban J connectivity index is 0.00000420. The Hall–Kier alpha value is -2.04. The third-order valence-corrected chi connectivity index (χ3v) is 4.08. The van der Waals surface area contributed by atoms with Crippen molar-refractivity contribution in [3.8, 4) is 0 Å². The van der Waals surface area contributed by atoms with Crippen LogP contribution in [0.3, 0.4) is 0 Å². The fourth-order valence-corrected chi connectivity index (χ4v) is 2.67. The minimum atomic E-state index is -0.512. The predicted molar refractivity (Wildman–Crippen MR) is 126 cm³/mol. The monoisotopic (exact) mass is 519 g/mol. The SMILES string of the molecule is CN=C(NCCc1c[nH]c2ccc(F)cc12)NCCN(C)C(=O)OC(C)(C)C.I. The highest BCUT2D eigenvalue weighted by molar-refractivity contribution is 14.0. The molecule has 0 bridgehead atoms. The van der Waals surface area contributed by atoms with Crippen molar-refractivity contribution >= 4 is 46.9 Å². The van der Waals surface area contributed by atoms with Crippen LogP contribution in [0.1, 0.15) is 26.3 Å². The molecule has 1 heterocycles. The zero-order valence-corrected chi connectivity index (χ0v) is 20.0. The van der Waals surface area contributed by atoms with Crippen LogP contribution in [0.25, 0.3) is 10.9 Å². The Morgan fingerprint density at radius 3 is 2.62 bits per heavy atom. The van der Waals surface area contributed by atoms with E-state index in [0.29, 0.717) is 25.6 Å². The van der Waals surface area contributed by atoms with E-state index in [2.05, 4.69) is 20.6 Å². The van der Waals surface area contributed by atoms with E-state index in [1.54, 1.807) is 26.2 Å². The summed E-state index contributed by atoms with van der Waals surface area (Å²) in [6.45, 7) is 7.18. The number of amides is 1. The standard InChI is InChI=1S/C20H30FN5O2.HI/c1-20(2,3)28-19(27)26(5)11-10-24-18(22-4)23-9-8-14-13-25-17-7-6-15(21)12-16(14)17;/h6-7,12-13,25H,8-11H2,1-5H3,(H2,22,23,24);1H. The zero-order valence-electron chi connectivity index (χ0n) is 17.6. The van der Waals surface area contributed by atoms with Crippen molar-refractivity contribution in [3.63, 3.8) is 0 Å². The van der Waals surface area contributed by atoms with Crippen LogP contribution in [0.4, 0.5) is 9.18 Å². The van der Waals surface area contributed by atoms with Crippen LogP contribution in [0.15, 0.2) is 29.4 Å². The number of benzene rings is 1. The molecule has 7 nitrogen and oxygen atoms in total. The summed E-state index contributed by atoms with van der Waals surface area (Å²) in [6.07, 6.45) is 2.27. The molecule has 1 amide bonds. The number of aliphatic imine (C=N–C) groups is 1. The maximum Gasteiger partial charge on any atom is 0.410 e. The Bertz CT molecular complexity index is 832. The van der Waals surface area contributed by atoms with Crippen LogP contribution in [0.5, 0.6) is 0 Å². The second kappa shape index (κ2) is 11.2. The molecule has 0 aliphatic rings. The van der Waals surface area contributed by atoms with Crippen molar-refractivity contribution in [3.05, 3.63) is 35.8 Å². The van der Waals surface area contributed by atoms with E-state index in [-0.39, 0.29) is 35.9 Å². The molecule has 2 aromatic rings. The number of aromatic nitrogens is 1. The molecule has 1 aromatic heterocycles. The summed E-state index contributed by atoms with van der Waals surface area (Å²) in [6, 6.07) is 4.73. The first kappa shape index (κ1) is 25.0. The smallest absolute Gasteiger partial charge is 0.410 e. The van der Waals surface area contributed by atoms with E-state index < -0.39 is 5.60 Å². The van der Waals surface area contributed by atoms with Gasteiger partial charge in [-0.15, -0.1) is 24.0 Å². The van der Waals surface area contributed by atoms with Crippen molar-refractivity contribution in [2.24, 2.45) is 4.99 Å². The first-order valence-electron chi connectivity index (χ1n) is 9.34. The second-order valence-electron chi connectivity index (χ2n) is 7.58. The number of likely N-dealkylation sites (N-methyl/N-ethyl adjacent to an activating group) is 1. The number of aromatic amines is 1. The van der Waals surface area contributed by atoms with Crippen molar-refractivity contribution in [1.29, 1.82) is 0 Å². The number of carbonyl (C=O) groups is 1. The number of fused-ring (bicyclic) bond motifs is 1. The van der Waals surface area contributed by atoms with Crippen molar-refractivity contribution in [1.82, 2.24) is 20.5 Å². The van der Waals surface area contributed by atoms with Crippen molar-refractivity contribution in [2.45, 2.75) is 32.8 Å². The van der Waals surface area contributed by atoms with Gasteiger partial charge in [0, 0.05) is 50.8 Å². The van der Waals surface area contributed by atoms with Gasteiger partial charge < -0.3 is 25.3 Å². The second-order valence-corrected chi connectivity index (χ2v) is 7.58. The largest absolute Gasteiger partial charge is 0.444 e. The molecule has 0 radical (unpaired) electrons. The van der Waals surface area contributed by atoms with Gasteiger partial charge in [-0.2, -0.15) is 0 Å². The lowest BCUT2D eigenvalue weighted by molar-refractivity contribution is 0.0302. The molecule has 0 aliphatic carbocycles. The Labute approximate surface area is 188 Å². The zero-order chi connectivity index (χ0) is 20.7. The average molecular weight is 519 g/mol. The maximum atomic E-state index is 13.5. The van der Waals surface area contributed by atoms with Gasteiger partial charge in [0.25, 0.3) is 0 Å². The topological polar surface area (TPSA) is 81.8 Å². The van der Waals surface area contributed by atoms with E-state index in [1.165, 1.54) is 11.0 Å². The first-order chi connectivity index (χ1) is 13.2. The number of halogens is 2. The van der Waals surface area contributed by atoms with Crippen LogP contribution in [-0.4, -0.2) is 61.3 Å².